The predicted molar refractivity (Wildman–Crippen MR) is 208 cm³/mol. The van der Waals surface area contributed by atoms with E-state index < -0.39 is 0 Å². The molecule has 8 aromatic carbocycles. The molecule has 3 heteroatoms. The first kappa shape index (κ1) is 29.4. The summed E-state index contributed by atoms with van der Waals surface area (Å²) in [5, 5.41) is 2.11. The molecule has 9 aromatic rings. The van der Waals surface area contributed by atoms with Crippen LogP contribution in [0.15, 0.2) is 199 Å². The zero-order chi connectivity index (χ0) is 33.3. The fourth-order valence-electron chi connectivity index (χ4n) is 6.79. The summed E-state index contributed by atoms with van der Waals surface area (Å²) in [6, 6.07) is 68.2. The maximum Gasteiger partial charge on any atom is 0.227 e. The van der Waals surface area contributed by atoms with Gasteiger partial charge in [0.15, 0.2) is 5.58 Å². The monoisotopic (exact) mass is 640 g/mol. The maximum atomic E-state index is 6.49. The molecule has 0 aliphatic heterocycles. The summed E-state index contributed by atoms with van der Waals surface area (Å²) in [5.41, 5.74) is 12.9. The van der Waals surface area contributed by atoms with Crippen molar-refractivity contribution in [2.45, 2.75) is 0 Å². The third-order valence-electron chi connectivity index (χ3n) is 9.31. The van der Waals surface area contributed by atoms with Gasteiger partial charge in [0.1, 0.15) is 5.52 Å². The Kier molecular flexibility index (Phi) is 7.49. The van der Waals surface area contributed by atoms with Crippen molar-refractivity contribution < 1.29 is 4.42 Å². The van der Waals surface area contributed by atoms with Crippen LogP contribution in [-0.4, -0.2) is 4.98 Å². The molecular formula is C47H32N2O. The van der Waals surface area contributed by atoms with Crippen LogP contribution in [0.1, 0.15) is 0 Å². The Morgan fingerprint density at radius 3 is 1.58 bits per heavy atom. The number of para-hydroxylation sites is 1. The highest BCUT2D eigenvalue weighted by Crippen LogP contribution is 2.43. The minimum atomic E-state index is 0.619. The van der Waals surface area contributed by atoms with Crippen molar-refractivity contribution in [3.63, 3.8) is 0 Å². The van der Waals surface area contributed by atoms with Crippen LogP contribution in [0.4, 0.5) is 17.1 Å². The first-order valence-corrected chi connectivity index (χ1v) is 16.9. The van der Waals surface area contributed by atoms with Crippen LogP contribution in [0.2, 0.25) is 0 Å². The molecule has 1 heterocycles. The second-order valence-corrected chi connectivity index (χ2v) is 12.4. The first-order valence-electron chi connectivity index (χ1n) is 16.9. The summed E-state index contributed by atoms with van der Waals surface area (Å²) in [6.45, 7) is 0. The Labute approximate surface area is 291 Å². The topological polar surface area (TPSA) is 29.3 Å². The molecule has 0 N–H and O–H groups in total. The molecule has 0 unspecified atom stereocenters. The molecule has 9 rings (SSSR count). The second kappa shape index (κ2) is 12.7. The SMILES string of the molecule is c1ccc(-c2ccc(-c3nc4ccc5cc(N(c6ccc(-c7ccccc7)cc6)c6ccccc6-c6ccccc6)ccc5c4o3)cc2)cc1. The molecule has 50 heavy (non-hydrogen) atoms. The highest BCUT2D eigenvalue weighted by Gasteiger charge is 2.19. The molecule has 0 bridgehead atoms. The third-order valence-corrected chi connectivity index (χ3v) is 9.31. The summed E-state index contributed by atoms with van der Waals surface area (Å²) in [7, 11) is 0. The van der Waals surface area contributed by atoms with Crippen LogP contribution in [-0.2, 0) is 0 Å². The molecule has 0 radical (unpaired) electrons. The van der Waals surface area contributed by atoms with Crippen LogP contribution >= 0.6 is 0 Å². The van der Waals surface area contributed by atoms with Crippen molar-refractivity contribution in [1.29, 1.82) is 0 Å². The summed E-state index contributed by atoms with van der Waals surface area (Å²) in [6.07, 6.45) is 0. The Hall–Kier alpha value is -6.71. The number of rotatable bonds is 7. The van der Waals surface area contributed by atoms with Gasteiger partial charge in [-0.1, -0.05) is 140 Å². The number of aromatic nitrogens is 1. The summed E-state index contributed by atoms with van der Waals surface area (Å²) < 4.78 is 6.49. The van der Waals surface area contributed by atoms with Gasteiger partial charge in [0, 0.05) is 27.9 Å². The van der Waals surface area contributed by atoms with Gasteiger partial charge in [-0.2, -0.15) is 0 Å². The van der Waals surface area contributed by atoms with Crippen LogP contribution in [0.25, 0.3) is 66.7 Å². The average molecular weight is 641 g/mol. The van der Waals surface area contributed by atoms with Crippen molar-refractivity contribution in [1.82, 2.24) is 4.98 Å². The Morgan fingerprint density at radius 2 is 0.920 bits per heavy atom. The standard InChI is InChI=1S/C47H32N2O/c1-4-12-33(13-5-1)35-20-22-38(23-21-35)47-48-44-31-26-39-32-41(29-30-43(39)46(44)50-47)49(40-27-24-36(25-28-40)34-14-6-2-7-15-34)45-19-11-10-18-42(45)37-16-8-3-9-17-37/h1-32H. The third kappa shape index (κ3) is 5.51. The number of hydrogen-bond donors (Lipinski definition) is 0. The van der Waals surface area contributed by atoms with Crippen molar-refractivity contribution in [2.75, 3.05) is 4.90 Å². The van der Waals surface area contributed by atoms with E-state index in [1.807, 2.05) is 6.07 Å². The van der Waals surface area contributed by atoms with Crippen molar-refractivity contribution >= 4 is 38.9 Å². The average Bonchev–Trinajstić information content (AvgIpc) is 3.65. The van der Waals surface area contributed by atoms with Crippen molar-refractivity contribution in [3.05, 3.63) is 194 Å². The fraction of sp³-hybridized carbons (Fsp3) is 0. The van der Waals surface area contributed by atoms with E-state index in [4.69, 9.17) is 9.40 Å². The van der Waals surface area contributed by atoms with Gasteiger partial charge in [0.25, 0.3) is 0 Å². The molecule has 0 amide bonds. The number of anilines is 3. The lowest BCUT2D eigenvalue weighted by atomic mass is 10.0. The van der Waals surface area contributed by atoms with E-state index >= 15 is 0 Å². The molecular weight excluding hydrogens is 609 g/mol. The Balaban J connectivity index is 1.13. The fourth-order valence-corrected chi connectivity index (χ4v) is 6.79. The molecule has 0 saturated heterocycles. The normalized spacial score (nSPS) is 11.2. The molecule has 0 aliphatic rings. The molecule has 0 saturated carbocycles. The Morgan fingerprint density at radius 1 is 0.400 bits per heavy atom. The van der Waals surface area contributed by atoms with E-state index in [9.17, 15) is 0 Å². The zero-order valence-corrected chi connectivity index (χ0v) is 27.3. The highest BCUT2D eigenvalue weighted by atomic mass is 16.3. The van der Waals surface area contributed by atoms with Gasteiger partial charge in [0.05, 0.1) is 5.69 Å². The van der Waals surface area contributed by atoms with Crippen LogP contribution in [0.5, 0.6) is 0 Å². The molecule has 236 valence electrons. The first-order chi connectivity index (χ1) is 24.8. The molecule has 3 nitrogen and oxygen atoms in total. The van der Waals surface area contributed by atoms with E-state index in [2.05, 4.69) is 193 Å². The van der Waals surface area contributed by atoms with Gasteiger partial charge in [-0.05, 0) is 87.8 Å². The van der Waals surface area contributed by atoms with Gasteiger partial charge in [-0.25, -0.2) is 4.98 Å². The van der Waals surface area contributed by atoms with Gasteiger partial charge in [0.2, 0.25) is 5.89 Å². The number of oxazole rings is 1. The van der Waals surface area contributed by atoms with Gasteiger partial charge in [-0.15, -0.1) is 0 Å². The minimum absolute atomic E-state index is 0.619. The lowest BCUT2D eigenvalue weighted by Gasteiger charge is -2.28. The van der Waals surface area contributed by atoms with Crippen molar-refractivity contribution in [2.24, 2.45) is 0 Å². The quantitative estimate of drug-likeness (QED) is 0.174. The predicted octanol–water partition coefficient (Wildman–Crippen LogP) is 13.1. The van der Waals surface area contributed by atoms with E-state index in [-0.39, 0.29) is 0 Å². The number of fused-ring (bicyclic) bond motifs is 3. The van der Waals surface area contributed by atoms with Gasteiger partial charge in [-0.3, -0.25) is 0 Å². The number of hydrogen-bond acceptors (Lipinski definition) is 3. The van der Waals surface area contributed by atoms with Crippen LogP contribution < -0.4 is 4.90 Å². The lowest BCUT2D eigenvalue weighted by molar-refractivity contribution is 0.623. The number of nitrogens with zero attached hydrogens (tertiary/aromatic N) is 2. The second-order valence-electron chi connectivity index (χ2n) is 12.4. The largest absolute Gasteiger partial charge is 0.435 e. The van der Waals surface area contributed by atoms with E-state index in [1.165, 1.54) is 22.3 Å². The summed E-state index contributed by atoms with van der Waals surface area (Å²) >= 11 is 0. The van der Waals surface area contributed by atoms with Gasteiger partial charge < -0.3 is 9.32 Å². The van der Waals surface area contributed by atoms with E-state index in [0.29, 0.717) is 5.89 Å². The zero-order valence-electron chi connectivity index (χ0n) is 27.3. The van der Waals surface area contributed by atoms with E-state index in [1.54, 1.807) is 0 Å². The highest BCUT2D eigenvalue weighted by molar-refractivity contribution is 6.05. The van der Waals surface area contributed by atoms with E-state index in [0.717, 1.165) is 55.6 Å². The summed E-state index contributed by atoms with van der Waals surface area (Å²) in [4.78, 5) is 7.24. The Bertz CT molecular complexity index is 2560. The smallest absolute Gasteiger partial charge is 0.227 e. The minimum Gasteiger partial charge on any atom is -0.435 e. The number of benzene rings is 8. The van der Waals surface area contributed by atoms with Crippen molar-refractivity contribution in [3.8, 4) is 44.8 Å². The maximum absolute atomic E-state index is 6.49. The lowest BCUT2D eigenvalue weighted by Crippen LogP contribution is -2.11. The van der Waals surface area contributed by atoms with Gasteiger partial charge >= 0.3 is 0 Å². The molecule has 0 atom stereocenters. The van der Waals surface area contributed by atoms with Crippen LogP contribution in [0, 0.1) is 0 Å². The van der Waals surface area contributed by atoms with Crippen LogP contribution in [0.3, 0.4) is 0 Å². The molecule has 0 fully saturated rings. The molecule has 1 aromatic heterocycles. The summed E-state index contributed by atoms with van der Waals surface area (Å²) in [5.74, 6) is 0.619. The molecule has 0 spiro atoms. The molecule has 0 aliphatic carbocycles.